The van der Waals surface area contributed by atoms with Gasteiger partial charge in [0.25, 0.3) is 0 Å². The average molecular weight is 452 g/mol. The van der Waals surface area contributed by atoms with Crippen LogP contribution in [0.2, 0.25) is 0 Å². The van der Waals surface area contributed by atoms with Crippen LogP contribution < -0.4 is 5.32 Å². The third-order valence-electron chi connectivity index (χ3n) is 5.69. The predicted molar refractivity (Wildman–Crippen MR) is 133 cm³/mol. The lowest BCUT2D eigenvalue weighted by Gasteiger charge is -2.05. The topological polar surface area (TPSA) is 95.2 Å². The van der Waals surface area contributed by atoms with Gasteiger partial charge in [0, 0.05) is 35.5 Å². The van der Waals surface area contributed by atoms with Gasteiger partial charge in [0.2, 0.25) is 0 Å². The monoisotopic (exact) mass is 451 g/mol. The SMILES string of the molecule is CCNCc1cncc(-c2cc3c(-c4nc5c(-c6ccsc6)cccc5[nH]4)n[nH]c3cn2)c1. The zero-order valence-electron chi connectivity index (χ0n) is 18.0. The number of nitrogens with one attached hydrogen (secondary N) is 3. The van der Waals surface area contributed by atoms with E-state index in [2.05, 4.69) is 78.5 Å². The van der Waals surface area contributed by atoms with Crippen LogP contribution in [0, 0.1) is 0 Å². The Hall–Kier alpha value is -3.88. The summed E-state index contributed by atoms with van der Waals surface area (Å²) in [7, 11) is 0. The lowest BCUT2D eigenvalue weighted by Crippen LogP contribution is -2.11. The summed E-state index contributed by atoms with van der Waals surface area (Å²) in [6.07, 6.45) is 5.54. The van der Waals surface area contributed by atoms with E-state index in [1.807, 2.05) is 24.7 Å². The molecule has 0 atom stereocenters. The van der Waals surface area contributed by atoms with Crippen molar-refractivity contribution in [2.45, 2.75) is 13.5 Å². The molecule has 0 fully saturated rings. The standard InChI is InChI=1S/C25H21N7S/c1-2-26-10-15-8-17(12-27-11-15)21-9-19-22(13-28-21)31-32-24(19)25-29-20-5-3-4-18(23(20)30-25)16-6-7-33-14-16/h3-9,11-14,26H,2,10H2,1H3,(H,29,30)(H,31,32). The molecule has 0 aliphatic rings. The van der Waals surface area contributed by atoms with Crippen molar-refractivity contribution in [2.75, 3.05) is 6.54 Å². The maximum atomic E-state index is 4.94. The molecule has 0 aliphatic carbocycles. The van der Waals surface area contributed by atoms with Crippen LogP contribution in [-0.2, 0) is 6.54 Å². The fourth-order valence-electron chi connectivity index (χ4n) is 4.04. The van der Waals surface area contributed by atoms with E-state index in [0.717, 1.165) is 68.9 Å². The maximum Gasteiger partial charge on any atom is 0.159 e. The van der Waals surface area contributed by atoms with Crippen molar-refractivity contribution < 1.29 is 0 Å². The smallest absolute Gasteiger partial charge is 0.159 e. The molecule has 8 heteroatoms. The molecule has 0 radical (unpaired) electrons. The maximum absolute atomic E-state index is 4.94. The molecular weight excluding hydrogens is 430 g/mol. The molecule has 5 aromatic heterocycles. The van der Waals surface area contributed by atoms with E-state index in [9.17, 15) is 0 Å². The highest BCUT2D eigenvalue weighted by Gasteiger charge is 2.16. The van der Waals surface area contributed by atoms with E-state index in [4.69, 9.17) is 4.98 Å². The van der Waals surface area contributed by atoms with Gasteiger partial charge in [0.15, 0.2) is 5.82 Å². The van der Waals surface area contributed by atoms with Gasteiger partial charge in [-0.1, -0.05) is 19.1 Å². The molecular formula is C25H21N7S. The molecule has 0 amide bonds. The Labute approximate surface area is 194 Å². The number of aromatic nitrogens is 6. The summed E-state index contributed by atoms with van der Waals surface area (Å²) in [5, 5.41) is 16.2. The number of imidazole rings is 1. The van der Waals surface area contributed by atoms with Gasteiger partial charge in [-0.05, 0) is 52.7 Å². The van der Waals surface area contributed by atoms with Crippen molar-refractivity contribution in [1.29, 1.82) is 0 Å². The van der Waals surface area contributed by atoms with Gasteiger partial charge in [0.05, 0.1) is 28.4 Å². The molecule has 3 N–H and O–H groups in total. The molecule has 5 heterocycles. The van der Waals surface area contributed by atoms with Crippen LogP contribution in [0.5, 0.6) is 0 Å². The number of thiophene rings is 1. The van der Waals surface area contributed by atoms with Crippen LogP contribution in [0.25, 0.3) is 55.8 Å². The number of benzene rings is 1. The fourth-order valence-corrected chi connectivity index (χ4v) is 4.70. The Morgan fingerprint density at radius 1 is 1.03 bits per heavy atom. The molecule has 33 heavy (non-hydrogen) atoms. The molecule has 0 spiro atoms. The Morgan fingerprint density at radius 2 is 2.00 bits per heavy atom. The highest BCUT2D eigenvalue weighted by Crippen LogP contribution is 2.33. The highest BCUT2D eigenvalue weighted by molar-refractivity contribution is 7.08. The van der Waals surface area contributed by atoms with Gasteiger partial charge in [-0.15, -0.1) is 0 Å². The summed E-state index contributed by atoms with van der Waals surface area (Å²) >= 11 is 1.68. The third-order valence-corrected chi connectivity index (χ3v) is 6.37. The number of hydrogen-bond donors (Lipinski definition) is 3. The molecule has 0 saturated carbocycles. The van der Waals surface area contributed by atoms with Crippen molar-refractivity contribution in [3.05, 3.63) is 71.3 Å². The largest absolute Gasteiger partial charge is 0.337 e. The normalized spacial score (nSPS) is 11.5. The van der Waals surface area contributed by atoms with Gasteiger partial charge in [0.1, 0.15) is 5.69 Å². The first-order valence-corrected chi connectivity index (χ1v) is 11.8. The Balaban J connectivity index is 1.44. The number of pyridine rings is 2. The summed E-state index contributed by atoms with van der Waals surface area (Å²) in [6, 6.07) is 12.5. The first kappa shape index (κ1) is 19.8. The summed E-state index contributed by atoms with van der Waals surface area (Å²) < 4.78 is 0. The lowest BCUT2D eigenvalue weighted by atomic mass is 10.1. The van der Waals surface area contributed by atoms with Crippen molar-refractivity contribution in [3.63, 3.8) is 0 Å². The first-order chi connectivity index (χ1) is 16.3. The lowest BCUT2D eigenvalue weighted by molar-refractivity contribution is 0.724. The summed E-state index contributed by atoms with van der Waals surface area (Å²) in [6.45, 7) is 3.79. The van der Waals surface area contributed by atoms with Crippen LogP contribution in [0.3, 0.4) is 0 Å². The second-order valence-electron chi connectivity index (χ2n) is 7.85. The van der Waals surface area contributed by atoms with E-state index < -0.39 is 0 Å². The minimum absolute atomic E-state index is 0.732. The number of aromatic amines is 2. The molecule has 6 aromatic rings. The minimum atomic E-state index is 0.732. The number of hydrogen-bond acceptors (Lipinski definition) is 6. The van der Waals surface area contributed by atoms with Crippen LogP contribution >= 0.6 is 11.3 Å². The van der Waals surface area contributed by atoms with E-state index in [-0.39, 0.29) is 0 Å². The number of H-pyrrole nitrogens is 2. The van der Waals surface area contributed by atoms with Crippen molar-refractivity contribution in [1.82, 2.24) is 35.5 Å². The second-order valence-corrected chi connectivity index (χ2v) is 8.63. The van der Waals surface area contributed by atoms with Gasteiger partial charge in [-0.2, -0.15) is 16.4 Å². The third kappa shape index (κ3) is 3.59. The zero-order valence-corrected chi connectivity index (χ0v) is 18.8. The number of para-hydroxylation sites is 1. The van der Waals surface area contributed by atoms with Crippen LogP contribution in [0.4, 0.5) is 0 Å². The highest BCUT2D eigenvalue weighted by atomic mass is 32.1. The predicted octanol–water partition coefficient (Wildman–Crippen LogP) is 5.40. The van der Waals surface area contributed by atoms with E-state index in [1.165, 1.54) is 5.56 Å². The molecule has 0 unspecified atom stereocenters. The molecule has 0 aliphatic heterocycles. The van der Waals surface area contributed by atoms with E-state index >= 15 is 0 Å². The molecule has 6 rings (SSSR count). The van der Waals surface area contributed by atoms with E-state index in [0.29, 0.717) is 0 Å². The molecule has 1 aromatic carbocycles. The van der Waals surface area contributed by atoms with Crippen LogP contribution in [-0.4, -0.2) is 36.7 Å². The van der Waals surface area contributed by atoms with Gasteiger partial charge >= 0.3 is 0 Å². The van der Waals surface area contributed by atoms with Gasteiger partial charge in [-0.25, -0.2) is 4.98 Å². The first-order valence-electron chi connectivity index (χ1n) is 10.8. The Kier molecular flexibility index (Phi) is 4.93. The number of fused-ring (bicyclic) bond motifs is 2. The van der Waals surface area contributed by atoms with Gasteiger partial charge < -0.3 is 10.3 Å². The average Bonchev–Trinajstić information content (AvgIpc) is 3.61. The molecule has 7 nitrogen and oxygen atoms in total. The summed E-state index contributed by atoms with van der Waals surface area (Å²) in [5.41, 5.74) is 8.81. The molecule has 0 bridgehead atoms. The Bertz CT molecular complexity index is 1560. The van der Waals surface area contributed by atoms with Crippen molar-refractivity contribution in [2.24, 2.45) is 0 Å². The van der Waals surface area contributed by atoms with Crippen LogP contribution in [0.15, 0.2) is 65.7 Å². The number of rotatable bonds is 6. The second kappa shape index (κ2) is 8.23. The van der Waals surface area contributed by atoms with Gasteiger partial charge in [-0.3, -0.25) is 15.1 Å². The van der Waals surface area contributed by atoms with Crippen LogP contribution in [0.1, 0.15) is 12.5 Å². The van der Waals surface area contributed by atoms with Crippen molar-refractivity contribution >= 4 is 33.3 Å². The zero-order chi connectivity index (χ0) is 22.2. The molecule has 162 valence electrons. The van der Waals surface area contributed by atoms with E-state index in [1.54, 1.807) is 11.3 Å². The quantitative estimate of drug-likeness (QED) is 0.315. The minimum Gasteiger partial charge on any atom is -0.337 e. The number of nitrogens with zero attached hydrogens (tertiary/aromatic N) is 4. The van der Waals surface area contributed by atoms with Crippen molar-refractivity contribution in [3.8, 4) is 33.9 Å². The Morgan fingerprint density at radius 3 is 2.88 bits per heavy atom. The summed E-state index contributed by atoms with van der Waals surface area (Å²) in [4.78, 5) is 17.4. The summed E-state index contributed by atoms with van der Waals surface area (Å²) in [5.74, 6) is 0.732. The molecule has 0 saturated heterocycles. The fraction of sp³-hybridized carbons (Fsp3) is 0.120.